The van der Waals surface area contributed by atoms with Gasteiger partial charge in [0.25, 0.3) is 0 Å². The van der Waals surface area contributed by atoms with Crippen molar-refractivity contribution in [3.05, 3.63) is 35.4 Å². The molecule has 0 aliphatic heterocycles. The summed E-state index contributed by atoms with van der Waals surface area (Å²) in [7, 11) is 1.67. The highest BCUT2D eigenvalue weighted by Gasteiger charge is 2.10. The molecule has 0 bridgehead atoms. The number of rotatable bonds is 6. The molecule has 2 nitrogen and oxygen atoms in total. The van der Waals surface area contributed by atoms with Crippen LogP contribution < -0.4 is 0 Å². The van der Waals surface area contributed by atoms with E-state index >= 15 is 0 Å². The Morgan fingerprint density at radius 2 is 2.06 bits per heavy atom. The molecule has 0 saturated heterocycles. The second-order valence-electron chi connectivity index (χ2n) is 4.41. The smallest absolute Gasteiger partial charge is 0.137 e. The second-order valence-corrected chi connectivity index (χ2v) is 4.41. The first kappa shape index (κ1) is 12.9. The van der Waals surface area contributed by atoms with Crippen molar-refractivity contribution >= 4 is 5.78 Å². The van der Waals surface area contributed by atoms with E-state index in [0.29, 0.717) is 31.1 Å². The predicted molar refractivity (Wildman–Crippen MR) is 65.5 cm³/mol. The van der Waals surface area contributed by atoms with Crippen molar-refractivity contribution in [3.8, 4) is 0 Å². The van der Waals surface area contributed by atoms with E-state index < -0.39 is 0 Å². The van der Waals surface area contributed by atoms with Crippen molar-refractivity contribution < 1.29 is 9.53 Å². The maximum absolute atomic E-state index is 11.8. The van der Waals surface area contributed by atoms with Crippen LogP contribution in [-0.2, 0) is 16.0 Å². The Bertz CT molecular complexity index is 344. The van der Waals surface area contributed by atoms with Crippen LogP contribution in [0.5, 0.6) is 0 Å². The number of aryl methyl sites for hydroxylation is 1. The number of benzene rings is 1. The average Bonchev–Trinajstić information content (AvgIpc) is 2.21. The van der Waals surface area contributed by atoms with Gasteiger partial charge in [0.2, 0.25) is 0 Å². The van der Waals surface area contributed by atoms with Crippen molar-refractivity contribution in [1.82, 2.24) is 0 Å². The van der Waals surface area contributed by atoms with E-state index in [1.54, 1.807) is 7.11 Å². The zero-order valence-corrected chi connectivity index (χ0v) is 10.3. The van der Waals surface area contributed by atoms with E-state index in [0.717, 1.165) is 5.56 Å². The number of hydrogen-bond donors (Lipinski definition) is 0. The fourth-order valence-electron chi connectivity index (χ4n) is 1.83. The summed E-state index contributed by atoms with van der Waals surface area (Å²) in [5.41, 5.74) is 2.33. The third kappa shape index (κ3) is 4.15. The summed E-state index contributed by atoms with van der Waals surface area (Å²) >= 11 is 0. The Morgan fingerprint density at radius 1 is 1.38 bits per heavy atom. The minimum Gasteiger partial charge on any atom is -0.384 e. The van der Waals surface area contributed by atoms with Crippen molar-refractivity contribution in [2.45, 2.75) is 26.7 Å². The quantitative estimate of drug-likeness (QED) is 0.737. The van der Waals surface area contributed by atoms with Gasteiger partial charge in [0.15, 0.2) is 0 Å². The van der Waals surface area contributed by atoms with Crippen LogP contribution in [0.15, 0.2) is 24.3 Å². The Balaban J connectivity index is 2.49. The van der Waals surface area contributed by atoms with Crippen LogP contribution in [0.2, 0.25) is 0 Å². The normalized spacial score (nSPS) is 12.4. The Kier molecular flexibility index (Phi) is 5.20. The maximum Gasteiger partial charge on any atom is 0.137 e. The monoisotopic (exact) mass is 220 g/mol. The largest absolute Gasteiger partial charge is 0.384 e. The van der Waals surface area contributed by atoms with Crippen molar-refractivity contribution in [3.63, 3.8) is 0 Å². The topological polar surface area (TPSA) is 26.3 Å². The summed E-state index contributed by atoms with van der Waals surface area (Å²) < 4.78 is 5.03. The van der Waals surface area contributed by atoms with Crippen LogP contribution in [0.25, 0.3) is 0 Å². The highest BCUT2D eigenvalue weighted by molar-refractivity contribution is 5.81. The summed E-state index contributed by atoms with van der Waals surface area (Å²) in [5.74, 6) is 0.598. The molecule has 0 N–H and O–H groups in total. The molecule has 1 aromatic rings. The fraction of sp³-hybridized carbons (Fsp3) is 0.500. The summed E-state index contributed by atoms with van der Waals surface area (Å²) in [4.78, 5) is 11.8. The van der Waals surface area contributed by atoms with E-state index in [2.05, 4.69) is 0 Å². The van der Waals surface area contributed by atoms with E-state index in [1.165, 1.54) is 5.56 Å². The van der Waals surface area contributed by atoms with Crippen LogP contribution in [0.3, 0.4) is 0 Å². The lowest BCUT2D eigenvalue weighted by Crippen LogP contribution is -2.12. The molecular weight excluding hydrogens is 200 g/mol. The van der Waals surface area contributed by atoms with Crippen LogP contribution in [0, 0.1) is 12.8 Å². The molecule has 2 heteroatoms. The molecule has 88 valence electrons. The van der Waals surface area contributed by atoms with Gasteiger partial charge in [-0.25, -0.2) is 0 Å². The Morgan fingerprint density at radius 3 is 2.69 bits per heavy atom. The minimum atomic E-state index is 0.291. The maximum atomic E-state index is 11.8. The van der Waals surface area contributed by atoms with Gasteiger partial charge in [-0.1, -0.05) is 31.2 Å². The predicted octanol–water partition coefficient (Wildman–Crippen LogP) is 2.78. The third-order valence-electron chi connectivity index (χ3n) is 2.68. The molecule has 0 spiro atoms. The molecule has 1 unspecified atom stereocenters. The molecule has 1 aromatic carbocycles. The zero-order valence-electron chi connectivity index (χ0n) is 10.3. The van der Waals surface area contributed by atoms with Gasteiger partial charge in [-0.3, -0.25) is 4.79 Å². The molecule has 1 rings (SSSR count). The lowest BCUT2D eigenvalue weighted by molar-refractivity contribution is -0.119. The summed E-state index contributed by atoms with van der Waals surface area (Å²) in [6, 6.07) is 8.04. The number of carbonyl (C=O) groups excluding carboxylic acids is 1. The van der Waals surface area contributed by atoms with Crippen LogP contribution in [0.1, 0.15) is 24.5 Å². The van der Waals surface area contributed by atoms with Gasteiger partial charge in [0, 0.05) is 26.6 Å². The van der Waals surface area contributed by atoms with E-state index in [4.69, 9.17) is 4.74 Å². The minimum absolute atomic E-state index is 0.291. The fourth-order valence-corrected chi connectivity index (χ4v) is 1.83. The molecule has 0 aliphatic rings. The molecule has 0 heterocycles. The summed E-state index contributed by atoms with van der Waals surface area (Å²) in [6.07, 6.45) is 1.14. The first-order chi connectivity index (χ1) is 7.63. The lowest BCUT2D eigenvalue weighted by atomic mass is 9.98. The average molecular weight is 220 g/mol. The molecule has 1 atom stereocenters. The molecule has 0 fully saturated rings. The molecule has 16 heavy (non-hydrogen) atoms. The van der Waals surface area contributed by atoms with Gasteiger partial charge in [0.1, 0.15) is 5.78 Å². The standard InChI is InChI=1S/C14H20O2/c1-11(10-16-3)8-14(15)9-13-7-5-4-6-12(13)2/h4-7,11H,8-10H2,1-3H3. The van der Waals surface area contributed by atoms with Crippen LogP contribution in [-0.4, -0.2) is 19.5 Å². The Hall–Kier alpha value is -1.15. The number of hydrogen-bond acceptors (Lipinski definition) is 2. The van der Waals surface area contributed by atoms with Crippen LogP contribution in [0.4, 0.5) is 0 Å². The number of methoxy groups -OCH3 is 1. The highest BCUT2D eigenvalue weighted by Crippen LogP contribution is 2.11. The number of carbonyl (C=O) groups is 1. The molecule has 0 aliphatic carbocycles. The number of ketones is 1. The number of ether oxygens (including phenoxy) is 1. The van der Waals surface area contributed by atoms with Gasteiger partial charge in [-0.15, -0.1) is 0 Å². The zero-order chi connectivity index (χ0) is 12.0. The van der Waals surface area contributed by atoms with Gasteiger partial charge in [-0.2, -0.15) is 0 Å². The lowest BCUT2D eigenvalue weighted by Gasteiger charge is -2.10. The van der Waals surface area contributed by atoms with Crippen molar-refractivity contribution in [2.75, 3.05) is 13.7 Å². The summed E-state index contributed by atoms with van der Waals surface area (Å²) in [6.45, 7) is 4.74. The Labute approximate surface area is 97.6 Å². The highest BCUT2D eigenvalue weighted by atomic mass is 16.5. The van der Waals surface area contributed by atoms with Crippen molar-refractivity contribution in [1.29, 1.82) is 0 Å². The van der Waals surface area contributed by atoms with E-state index in [9.17, 15) is 4.79 Å². The first-order valence-corrected chi connectivity index (χ1v) is 5.68. The molecule has 0 aromatic heterocycles. The molecule has 0 amide bonds. The molecular formula is C14H20O2. The van der Waals surface area contributed by atoms with Crippen LogP contribution >= 0.6 is 0 Å². The third-order valence-corrected chi connectivity index (χ3v) is 2.68. The molecule has 0 saturated carbocycles. The van der Waals surface area contributed by atoms with E-state index in [-0.39, 0.29) is 0 Å². The number of Topliss-reactive ketones (excluding diaryl/α,β-unsaturated/α-hetero) is 1. The van der Waals surface area contributed by atoms with Crippen molar-refractivity contribution in [2.24, 2.45) is 5.92 Å². The first-order valence-electron chi connectivity index (χ1n) is 5.68. The van der Waals surface area contributed by atoms with Gasteiger partial charge >= 0.3 is 0 Å². The molecule has 0 radical (unpaired) electrons. The summed E-state index contributed by atoms with van der Waals surface area (Å²) in [5, 5.41) is 0. The van der Waals surface area contributed by atoms with Gasteiger partial charge < -0.3 is 4.74 Å². The SMILES string of the molecule is COCC(C)CC(=O)Cc1ccccc1C. The van der Waals surface area contributed by atoms with E-state index in [1.807, 2.05) is 38.1 Å². The second kappa shape index (κ2) is 6.44. The van der Waals surface area contributed by atoms with Gasteiger partial charge in [0.05, 0.1) is 0 Å². The van der Waals surface area contributed by atoms with Gasteiger partial charge in [-0.05, 0) is 24.0 Å².